The lowest BCUT2D eigenvalue weighted by atomic mass is 10.2. The third kappa shape index (κ3) is 3.83. The van der Waals surface area contributed by atoms with Gasteiger partial charge in [-0.25, -0.2) is 4.39 Å². The number of nitrogens with one attached hydrogen (secondary N) is 1. The first-order valence-electron chi connectivity index (χ1n) is 4.94. The number of benzene rings is 1. The molecule has 0 bridgehead atoms. The van der Waals surface area contributed by atoms with Crippen LogP contribution in [0.3, 0.4) is 0 Å². The van der Waals surface area contributed by atoms with E-state index in [2.05, 4.69) is 10.1 Å². The number of esters is 1. The van der Waals surface area contributed by atoms with Crippen molar-refractivity contribution >= 4 is 34.5 Å². The number of aromatic hydroxyl groups is 1. The zero-order valence-corrected chi connectivity index (χ0v) is 11.6. The summed E-state index contributed by atoms with van der Waals surface area (Å²) in [5, 5.41) is 11.8. The van der Waals surface area contributed by atoms with Gasteiger partial charge in [0.15, 0.2) is 0 Å². The Labute approximate surface area is 116 Å². The summed E-state index contributed by atoms with van der Waals surface area (Å²) in [7, 11) is 1.25. The van der Waals surface area contributed by atoms with Crippen molar-refractivity contribution in [1.82, 2.24) is 5.32 Å². The first-order chi connectivity index (χ1) is 8.45. The molecule has 0 saturated carbocycles. The topological polar surface area (TPSA) is 75.6 Å². The molecule has 0 heterocycles. The van der Waals surface area contributed by atoms with Gasteiger partial charge in [0.25, 0.3) is 5.91 Å². The largest absolute Gasteiger partial charge is 0.507 e. The lowest BCUT2D eigenvalue weighted by Crippen LogP contribution is -2.33. The number of hydrogen-bond donors (Lipinski definition) is 2. The summed E-state index contributed by atoms with van der Waals surface area (Å²) in [5.74, 6) is -2.13. The number of amides is 1. The Hall–Kier alpha value is -1.38. The molecule has 2 N–H and O–H groups in total. The van der Waals surface area contributed by atoms with E-state index < -0.39 is 27.4 Å². The van der Waals surface area contributed by atoms with Crippen LogP contribution in [-0.2, 0) is 9.53 Å². The van der Waals surface area contributed by atoms with Crippen LogP contribution in [0, 0.1) is 5.82 Å². The minimum Gasteiger partial charge on any atom is -0.507 e. The van der Waals surface area contributed by atoms with Crippen molar-refractivity contribution in [2.24, 2.45) is 0 Å². The van der Waals surface area contributed by atoms with Gasteiger partial charge in [0.05, 0.1) is 12.7 Å². The summed E-state index contributed by atoms with van der Waals surface area (Å²) >= 11 is 1.82. The van der Waals surface area contributed by atoms with Crippen molar-refractivity contribution in [2.45, 2.75) is 3.92 Å². The molecule has 1 atom stereocenters. The minimum atomic E-state index is -0.634. The molecule has 0 aliphatic carbocycles. The van der Waals surface area contributed by atoms with Gasteiger partial charge in [0.2, 0.25) is 0 Å². The molecule has 0 fully saturated rings. The predicted octanol–water partition coefficient (Wildman–Crippen LogP) is 1.24. The standard InChI is InChI=1S/C11H11FINO4/c1-18-11(17)8(13)5-14-10(16)7-3-2-6(12)4-9(7)15/h2-4,8,15H,5H2,1H3,(H,14,16). The van der Waals surface area contributed by atoms with Crippen LogP contribution in [0.15, 0.2) is 18.2 Å². The van der Waals surface area contributed by atoms with Crippen LogP contribution in [0.2, 0.25) is 0 Å². The van der Waals surface area contributed by atoms with Crippen molar-refractivity contribution < 1.29 is 23.8 Å². The fraction of sp³-hybridized carbons (Fsp3) is 0.273. The monoisotopic (exact) mass is 367 g/mol. The Kier molecular flexibility index (Phi) is 5.32. The van der Waals surface area contributed by atoms with Gasteiger partial charge in [0, 0.05) is 12.6 Å². The lowest BCUT2D eigenvalue weighted by molar-refractivity contribution is -0.139. The third-order valence-corrected chi connectivity index (χ3v) is 3.05. The molecule has 18 heavy (non-hydrogen) atoms. The van der Waals surface area contributed by atoms with Crippen molar-refractivity contribution in [3.63, 3.8) is 0 Å². The van der Waals surface area contributed by atoms with Crippen molar-refractivity contribution in [1.29, 1.82) is 0 Å². The number of carbonyl (C=O) groups is 2. The van der Waals surface area contributed by atoms with E-state index in [1.54, 1.807) is 0 Å². The minimum absolute atomic E-state index is 0.0511. The molecule has 7 heteroatoms. The Bertz CT molecular complexity index is 466. The highest BCUT2D eigenvalue weighted by atomic mass is 127. The number of ether oxygens (including phenoxy) is 1. The number of halogens is 2. The number of rotatable bonds is 4. The smallest absolute Gasteiger partial charge is 0.320 e. The molecule has 0 aromatic heterocycles. The highest BCUT2D eigenvalue weighted by molar-refractivity contribution is 14.1. The van der Waals surface area contributed by atoms with Crippen molar-refractivity contribution in [3.05, 3.63) is 29.6 Å². The molecule has 98 valence electrons. The molecule has 0 aliphatic rings. The number of methoxy groups -OCH3 is 1. The van der Waals surface area contributed by atoms with Crippen LogP contribution in [0.25, 0.3) is 0 Å². The van der Waals surface area contributed by atoms with Gasteiger partial charge >= 0.3 is 5.97 Å². The van der Waals surface area contributed by atoms with E-state index in [0.717, 1.165) is 12.1 Å². The lowest BCUT2D eigenvalue weighted by Gasteiger charge is -2.10. The maximum atomic E-state index is 12.7. The predicted molar refractivity (Wildman–Crippen MR) is 70.2 cm³/mol. The van der Waals surface area contributed by atoms with E-state index in [1.807, 2.05) is 22.6 Å². The molecule has 0 aliphatic heterocycles. The van der Waals surface area contributed by atoms with E-state index >= 15 is 0 Å². The molecule has 0 radical (unpaired) electrons. The molecular weight excluding hydrogens is 356 g/mol. The first kappa shape index (κ1) is 14.7. The molecule has 0 saturated heterocycles. The van der Waals surface area contributed by atoms with Crippen LogP contribution in [0.1, 0.15) is 10.4 Å². The number of phenolic OH excluding ortho intramolecular Hbond substituents is 1. The van der Waals surface area contributed by atoms with Crippen LogP contribution >= 0.6 is 22.6 Å². The van der Waals surface area contributed by atoms with Crippen molar-refractivity contribution in [3.8, 4) is 5.75 Å². The molecule has 1 aromatic rings. The second kappa shape index (κ2) is 6.53. The van der Waals surface area contributed by atoms with E-state index in [4.69, 9.17) is 0 Å². The average molecular weight is 367 g/mol. The number of hydrogen-bond acceptors (Lipinski definition) is 4. The van der Waals surface area contributed by atoms with Gasteiger partial charge in [-0.15, -0.1) is 0 Å². The summed E-state index contributed by atoms with van der Waals surface area (Å²) in [4.78, 5) is 22.7. The van der Waals surface area contributed by atoms with Crippen LogP contribution in [0.5, 0.6) is 5.75 Å². The fourth-order valence-electron chi connectivity index (χ4n) is 1.19. The quantitative estimate of drug-likeness (QED) is 0.477. The first-order valence-corrected chi connectivity index (χ1v) is 6.19. The summed E-state index contributed by atoms with van der Waals surface area (Å²) in [6.45, 7) is 0.0584. The Balaban J connectivity index is 2.63. The van der Waals surface area contributed by atoms with Gasteiger partial charge in [0.1, 0.15) is 15.5 Å². The van der Waals surface area contributed by atoms with Gasteiger partial charge in [-0.3, -0.25) is 9.59 Å². The van der Waals surface area contributed by atoms with Gasteiger partial charge in [-0.2, -0.15) is 0 Å². The SMILES string of the molecule is COC(=O)C(I)CNC(=O)c1ccc(F)cc1O. The van der Waals surface area contributed by atoms with Gasteiger partial charge in [-0.05, 0) is 12.1 Å². The van der Waals surface area contributed by atoms with Gasteiger partial charge in [-0.1, -0.05) is 22.6 Å². The van der Waals surface area contributed by atoms with E-state index in [0.29, 0.717) is 0 Å². The molecule has 1 aromatic carbocycles. The highest BCUT2D eigenvalue weighted by Crippen LogP contribution is 2.17. The van der Waals surface area contributed by atoms with Crippen molar-refractivity contribution in [2.75, 3.05) is 13.7 Å². The molecule has 1 amide bonds. The molecule has 1 rings (SSSR count). The molecular formula is C11H11FINO4. The average Bonchev–Trinajstić information content (AvgIpc) is 2.34. The zero-order chi connectivity index (χ0) is 13.7. The summed E-state index contributed by atoms with van der Waals surface area (Å²) in [5.41, 5.74) is -0.0511. The Morgan fingerprint density at radius 3 is 2.78 bits per heavy atom. The number of carbonyl (C=O) groups excluding carboxylic acids is 2. The number of alkyl halides is 1. The van der Waals surface area contributed by atoms with Gasteiger partial charge < -0.3 is 15.2 Å². The van der Waals surface area contributed by atoms with E-state index in [-0.39, 0.29) is 12.1 Å². The summed E-state index contributed by atoms with van der Waals surface area (Å²) in [6.07, 6.45) is 0. The molecule has 0 spiro atoms. The summed E-state index contributed by atoms with van der Waals surface area (Å²) in [6, 6.07) is 3.08. The number of phenols is 1. The van der Waals surface area contributed by atoms with Crippen LogP contribution in [0.4, 0.5) is 4.39 Å². The second-order valence-corrected chi connectivity index (χ2v) is 4.87. The Morgan fingerprint density at radius 1 is 1.56 bits per heavy atom. The normalized spacial score (nSPS) is 11.7. The highest BCUT2D eigenvalue weighted by Gasteiger charge is 2.18. The van der Waals surface area contributed by atoms with E-state index in [1.165, 1.54) is 13.2 Å². The zero-order valence-electron chi connectivity index (χ0n) is 9.44. The molecule has 1 unspecified atom stereocenters. The Morgan fingerprint density at radius 2 is 2.22 bits per heavy atom. The fourth-order valence-corrected chi connectivity index (χ4v) is 1.66. The van der Waals surface area contributed by atoms with Crippen LogP contribution < -0.4 is 5.32 Å². The van der Waals surface area contributed by atoms with Crippen LogP contribution in [-0.4, -0.2) is 34.6 Å². The molecule has 5 nitrogen and oxygen atoms in total. The second-order valence-electron chi connectivity index (χ2n) is 3.36. The van der Waals surface area contributed by atoms with E-state index in [9.17, 15) is 19.1 Å². The summed E-state index contributed by atoms with van der Waals surface area (Å²) < 4.78 is 16.7. The maximum absolute atomic E-state index is 12.7. The third-order valence-electron chi connectivity index (χ3n) is 2.10. The maximum Gasteiger partial charge on any atom is 0.320 e.